The number of benzene rings is 1. The van der Waals surface area contributed by atoms with E-state index in [1.54, 1.807) is 22.5 Å². The van der Waals surface area contributed by atoms with Gasteiger partial charge in [0.15, 0.2) is 0 Å². The summed E-state index contributed by atoms with van der Waals surface area (Å²) >= 11 is 3.35. The monoisotopic (exact) mass is 388 g/mol. The molecule has 0 N–H and O–H groups in total. The van der Waals surface area contributed by atoms with E-state index in [0.717, 1.165) is 39.1 Å². The normalized spacial score (nSPS) is 25.2. The molecule has 1 aromatic carbocycles. The molecule has 2 aliphatic rings. The van der Waals surface area contributed by atoms with Crippen LogP contribution in [0.1, 0.15) is 12.8 Å². The number of nitrogens with zero attached hydrogens (tertiary/aromatic N) is 2. The molecule has 0 amide bonds. The predicted molar refractivity (Wildman–Crippen MR) is 88.3 cm³/mol. The summed E-state index contributed by atoms with van der Waals surface area (Å²) in [6, 6.07) is 7.47. The highest BCUT2D eigenvalue weighted by Crippen LogP contribution is 2.26. The second kappa shape index (κ2) is 6.97. The first-order chi connectivity index (χ1) is 10.6. The molecule has 0 bridgehead atoms. The van der Waals surface area contributed by atoms with Gasteiger partial charge in [0.2, 0.25) is 10.0 Å². The molecule has 0 spiro atoms. The van der Waals surface area contributed by atoms with Crippen LogP contribution in [0.15, 0.2) is 33.6 Å². The standard InChI is InChI=1S/C15H21BrN2O3S/c16-14-4-1-2-5-15(14)22(19,20)18-8-3-7-17(9-10-18)13-6-11-21-12-13/h1-2,4-5,13H,3,6-12H2/t13-/m0/s1. The molecule has 0 radical (unpaired) electrons. The van der Waals surface area contributed by atoms with Crippen LogP contribution in [0, 0.1) is 0 Å². The van der Waals surface area contributed by atoms with Crippen LogP contribution in [0.3, 0.4) is 0 Å². The van der Waals surface area contributed by atoms with Crippen molar-refractivity contribution in [1.29, 1.82) is 0 Å². The average molecular weight is 389 g/mol. The molecule has 5 nitrogen and oxygen atoms in total. The maximum absolute atomic E-state index is 12.8. The number of sulfonamides is 1. The van der Waals surface area contributed by atoms with Crippen molar-refractivity contribution in [3.8, 4) is 0 Å². The molecule has 2 fully saturated rings. The summed E-state index contributed by atoms with van der Waals surface area (Å²) < 4.78 is 33.4. The Bertz CT molecular complexity index is 617. The van der Waals surface area contributed by atoms with E-state index in [9.17, 15) is 8.42 Å². The minimum atomic E-state index is -3.43. The SMILES string of the molecule is O=S(=O)(c1ccccc1Br)N1CCCN([C@H]2CCOC2)CC1. The van der Waals surface area contributed by atoms with Gasteiger partial charge in [-0.25, -0.2) is 8.42 Å². The van der Waals surface area contributed by atoms with Gasteiger partial charge >= 0.3 is 0 Å². The van der Waals surface area contributed by atoms with Crippen LogP contribution < -0.4 is 0 Å². The van der Waals surface area contributed by atoms with E-state index in [-0.39, 0.29) is 0 Å². The Labute approximate surface area is 140 Å². The van der Waals surface area contributed by atoms with Crippen LogP contribution in [-0.2, 0) is 14.8 Å². The molecule has 0 aliphatic carbocycles. The minimum Gasteiger partial charge on any atom is -0.380 e. The van der Waals surface area contributed by atoms with Crippen molar-refractivity contribution in [1.82, 2.24) is 9.21 Å². The van der Waals surface area contributed by atoms with Crippen molar-refractivity contribution in [2.45, 2.75) is 23.8 Å². The zero-order valence-electron chi connectivity index (χ0n) is 12.4. The van der Waals surface area contributed by atoms with E-state index in [0.29, 0.717) is 28.5 Å². The molecule has 0 saturated carbocycles. The van der Waals surface area contributed by atoms with Crippen LogP contribution in [-0.4, -0.2) is 63.1 Å². The fourth-order valence-corrected chi connectivity index (χ4v) is 5.56. The van der Waals surface area contributed by atoms with E-state index in [2.05, 4.69) is 20.8 Å². The van der Waals surface area contributed by atoms with E-state index in [1.165, 1.54) is 0 Å². The third-order valence-electron chi connectivity index (χ3n) is 4.37. The van der Waals surface area contributed by atoms with Crippen LogP contribution in [0.25, 0.3) is 0 Å². The van der Waals surface area contributed by atoms with E-state index in [4.69, 9.17) is 4.74 Å². The summed E-state index contributed by atoms with van der Waals surface area (Å²) in [5.41, 5.74) is 0. The lowest BCUT2D eigenvalue weighted by Gasteiger charge is -2.26. The second-order valence-electron chi connectivity index (χ2n) is 5.74. The van der Waals surface area contributed by atoms with Gasteiger partial charge in [-0.3, -0.25) is 4.90 Å². The zero-order chi connectivity index (χ0) is 15.6. The van der Waals surface area contributed by atoms with Gasteiger partial charge in [0.25, 0.3) is 0 Å². The third kappa shape index (κ3) is 3.38. The number of rotatable bonds is 3. The molecule has 3 rings (SSSR count). The molecular weight excluding hydrogens is 368 g/mol. The molecule has 1 aromatic rings. The highest BCUT2D eigenvalue weighted by molar-refractivity contribution is 9.10. The molecule has 2 heterocycles. The molecule has 22 heavy (non-hydrogen) atoms. The number of hydrogen-bond donors (Lipinski definition) is 0. The highest BCUT2D eigenvalue weighted by Gasteiger charge is 2.31. The largest absolute Gasteiger partial charge is 0.380 e. The van der Waals surface area contributed by atoms with Crippen molar-refractivity contribution in [2.75, 3.05) is 39.4 Å². The summed E-state index contributed by atoms with van der Waals surface area (Å²) in [5, 5.41) is 0. The van der Waals surface area contributed by atoms with Crippen molar-refractivity contribution < 1.29 is 13.2 Å². The van der Waals surface area contributed by atoms with Crippen molar-refractivity contribution in [2.24, 2.45) is 0 Å². The molecule has 7 heteroatoms. The van der Waals surface area contributed by atoms with E-state index >= 15 is 0 Å². The Balaban J connectivity index is 1.74. The summed E-state index contributed by atoms with van der Waals surface area (Å²) in [4.78, 5) is 2.73. The second-order valence-corrected chi connectivity index (χ2v) is 8.50. The molecule has 0 aromatic heterocycles. The summed E-state index contributed by atoms with van der Waals surface area (Å²) in [6.45, 7) is 4.43. The Hall–Kier alpha value is -0.470. The van der Waals surface area contributed by atoms with Gasteiger partial charge in [-0.2, -0.15) is 4.31 Å². The first kappa shape index (κ1) is 16.4. The Morgan fingerprint density at radius 2 is 1.95 bits per heavy atom. The van der Waals surface area contributed by atoms with Gasteiger partial charge in [0.05, 0.1) is 11.5 Å². The van der Waals surface area contributed by atoms with Gasteiger partial charge in [0.1, 0.15) is 0 Å². The van der Waals surface area contributed by atoms with Gasteiger partial charge in [-0.05, 0) is 47.4 Å². The fraction of sp³-hybridized carbons (Fsp3) is 0.600. The lowest BCUT2D eigenvalue weighted by molar-refractivity contribution is 0.147. The molecule has 122 valence electrons. The minimum absolute atomic E-state index is 0.354. The van der Waals surface area contributed by atoms with E-state index in [1.807, 2.05) is 6.07 Å². The van der Waals surface area contributed by atoms with Gasteiger partial charge in [-0.15, -0.1) is 0 Å². The van der Waals surface area contributed by atoms with Crippen molar-refractivity contribution >= 4 is 26.0 Å². The van der Waals surface area contributed by atoms with Crippen LogP contribution in [0.2, 0.25) is 0 Å². The molecular formula is C15H21BrN2O3S. The van der Waals surface area contributed by atoms with Crippen LogP contribution >= 0.6 is 15.9 Å². The van der Waals surface area contributed by atoms with Crippen LogP contribution in [0.5, 0.6) is 0 Å². The maximum atomic E-state index is 12.8. The Morgan fingerprint density at radius 3 is 2.68 bits per heavy atom. The first-order valence-corrected chi connectivity index (χ1v) is 9.89. The van der Waals surface area contributed by atoms with Gasteiger partial charge < -0.3 is 4.74 Å². The third-order valence-corrected chi connectivity index (χ3v) is 7.28. The fourth-order valence-electron chi connectivity index (χ4n) is 3.12. The summed E-state index contributed by atoms with van der Waals surface area (Å²) in [7, 11) is -3.43. The van der Waals surface area contributed by atoms with Gasteiger partial charge in [0, 0.05) is 36.8 Å². The Morgan fingerprint density at radius 1 is 1.14 bits per heavy atom. The molecule has 2 aliphatic heterocycles. The lowest BCUT2D eigenvalue weighted by Crippen LogP contribution is -2.39. The first-order valence-electron chi connectivity index (χ1n) is 7.65. The van der Waals surface area contributed by atoms with Crippen molar-refractivity contribution in [3.05, 3.63) is 28.7 Å². The maximum Gasteiger partial charge on any atom is 0.244 e. The van der Waals surface area contributed by atoms with E-state index < -0.39 is 10.0 Å². The summed E-state index contributed by atoms with van der Waals surface area (Å²) in [6.07, 6.45) is 1.91. The van der Waals surface area contributed by atoms with Gasteiger partial charge in [-0.1, -0.05) is 12.1 Å². The highest BCUT2D eigenvalue weighted by atomic mass is 79.9. The quantitative estimate of drug-likeness (QED) is 0.793. The topological polar surface area (TPSA) is 49.9 Å². The Kier molecular flexibility index (Phi) is 5.19. The number of hydrogen-bond acceptors (Lipinski definition) is 4. The average Bonchev–Trinajstić information content (AvgIpc) is 2.91. The predicted octanol–water partition coefficient (Wildman–Crippen LogP) is 1.93. The molecule has 2 saturated heterocycles. The molecule has 1 atom stereocenters. The number of ether oxygens (including phenoxy) is 1. The zero-order valence-corrected chi connectivity index (χ0v) is 14.9. The van der Waals surface area contributed by atoms with Crippen LogP contribution in [0.4, 0.5) is 0 Å². The summed E-state index contributed by atoms with van der Waals surface area (Å²) in [5.74, 6) is 0. The molecule has 0 unspecified atom stereocenters. The number of halogens is 1. The van der Waals surface area contributed by atoms with Crippen molar-refractivity contribution in [3.63, 3.8) is 0 Å². The lowest BCUT2D eigenvalue weighted by atomic mass is 10.2. The smallest absolute Gasteiger partial charge is 0.244 e.